The van der Waals surface area contributed by atoms with Crippen molar-refractivity contribution < 1.29 is 28.4 Å². The van der Waals surface area contributed by atoms with Crippen LogP contribution >= 0.6 is 0 Å². The first kappa shape index (κ1) is 16.9. The fourth-order valence-electron chi connectivity index (χ4n) is 4.69. The van der Waals surface area contributed by atoms with Gasteiger partial charge in [-0.15, -0.1) is 0 Å². The fraction of sp³-hybridized carbons (Fsp3) is 1.00. The lowest BCUT2D eigenvalue weighted by Gasteiger charge is -2.24. The minimum atomic E-state index is -0.198. The number of fused-ring (bicyclic) bond motifs is 2. The van der Waals surface area contributed by atoms with Crippen LogP contribution in [0, 0.1) is 11.8 Å². The topological polar surface area (TPSA) is 62.0 Å². The van der Waals surface area contributed by atoms with Crippen molar-refractivity contribution in [3.63, 3.8) is 0 Å². The van der Waals surface area contributed by atoms with Gasteiger partial charge >= 0.3 is 0 Å². The molecule has 142 valence electrons. The highest BCUT2D eigenvalue weighted by atomic mass is 16.7. The first-order valence-electron chi connectivity index (χ1n) is 10.1. The molecule has 0 N–H and O–H groups in total. The van der Waals surface area contributed by atoms with Crippen LogP contribution in [0.4, 0.5) is 0 Å². The van der Waals surface area contributed by atoms with Crippen LogP contribution in [0.2, 0.25) is 0 Å². The van der Waals surface area contributed by atoms with E-state index in [1.807, 2.05) is 6.92 Å². The van der Waals surface area contributed by atoms with Gasteiger partial charge in [0.25, 0.3) is 0 Å². The molecule has 3 heterocycles. The largest absolute Gasteiger partial charge is 0.370 e. The Bertz CT molecular complexity index is 473. The van der Waals surface area contributed by atoms with Crippen LogP contribution in [-0.4, -0.2) is 62.9 Å². The van der Waals surface area contributed by atoms with Crippen LogP contribution in [-0.2, 0) is 28.4 Å². The summed E-state index contributed by atoms with van der Waals surface area (Å²) >= 11 is 0. The smallest absolute Gasteiger partial charge is 0.161 e. The van der Waals surface area contributed by atoms with E-state index in [1.165, 1.54) is 12.8 Å². The summed E-state index contributed by atoms with van der Waals surface area (Å²) < 4.78 is 34.8. The summed E-state index contributed by atoms with van der Waals surface area (Å²) in [6.07, 6.45) is 8.71. The van der Waals surface area contributed by atoms with Crippen molar-refractivity contribution in [2.75, 3.05) is 19.8 Å². The molecule has 25 heavy (non-hydrogen) atoms. The average Bonchev–Trinajstić information content (AvgIpc) is 3.53. The molecule has 6 heteroatoms. The molecule has 9 unspecified atom stereocenters. The van der Waals surface area contributed by atoms with Gasteiger partial charge in [0, 0.05) is 5.92 Å². The Hall–Kier alpha value is -0.240. The van der Waals surface area contributed by atoms with Gasteiger partial charge in [-0.1, -0.05) is 0 Å². The van der Waals surface area contributed by atoms with Gasteiger partial charge in [-0.3, -0.25) is 0 Å². The van der Waals surface area contributed by atoms with Crippen LogP contribution in [0.3, 0.4) is 0 Å². The molecule has 0 spiro atoms. The third-order valence-electron chi connectivity index (χ3n) is 6.40. The molecular weight excluding hydrogens is 324 g/mol. The van der Waals surface area contributed by atoms with Crippen LogP contribution in [0.15, 0.2) is 0 Å². The van der Waals surface area contributed by atoms with Gasteiger partial charge in [-0.25, -0.2) is 0 Å². The van der Waals surface area contributed by atoms with E-state index in [0.717, 1.165) is 32.3 Å². The Balaban J connectivity index is 0.977. The summed E-state index contributed by atoms with van der Waals surface area (Å²) in [5.74, 6) is 1.09. The predicted molar refractivity (Wildman–Crippen MR) is 88.0 cm³/mol. The van der Waals surface area contributed by atoms with Crippen molar-refractivity contribution in [3.8, 4) is 0 Å². The summed E-state index contributed by atoms with van der Waals surface area (Å²) in [6.45, 7) is 3.89. The molecule has 0 aromatic carbocycles. The average molecular weight is 354 g/mol. The van der Waals surface area contributed by atoms with Gasteiger partial charge < -0.3 is 28.4 Å². The molecule has 5 rings (SSSR count). The van der Waals surface area contributed by atoms with E-state index in [4.69, 9.17) is 28.4 Å². The molecule has 2 saturated carbocycles. The Kier molecular flexibility index (Phi) is 4.77. The minimum Gasteiger partial charge on any atom is -0.370 e. The van der Waals surface area contributed by atoms with Gasteiger partial charge in [-0.2, -0.15) is 0 Å². The van der Waals surface area contributed by atoms with Crippen LogP contribution in [0.5, 0.6) is 0 Å². The molecule has 0 amide bonds. The lowest BCUT2D eigenvalue weighted by Crippen LogP contribution is -2.29. The molecule has 0 aromatic heterocycles. The maximum Gasteiger partial charge on any atom is 0.161 e. The Labute approximate surface area is 149 Å². The van der Waals surface area contributed by atoms with Crippen molar-refractivity contribution in [3.05, 3.63) is 0 Å². The Morgan fingerprint density at radius 2 is 1.60 bits per heavy atom. The quantitative estimate of drug-likeness (QED) is 0.516. The van der Waals surface area contributed by atoms with Crippen molar-refractivity contribution >= 4 is 0 Å². The first-order chi connectivity index (χ1) is 12.2. The zero-order valence-corrected chi connectivity index (χ0v) is 15.0. The minimum absolute atomic E-state index is 0.0178. The van der Waals surface area contributed by atoms with Gasteiger partial charge in [-0.05, 0) is 51.4 Å². The number of rotatable bonds is 7. The molecule has 5 fully saturated rings. The van der Waals surface area contributed by atoms with E-state index < -0.39 is 0 Å². The zero-order chi connectivity index (χ0) is 16.8. The lowest BCUT2D eigenvalue weighted by molar-refractivity contribution is -0.165. The standard InChI is InChI=1S/C19H30O6/c1-11(20-8-12-2-4-15-17(6-12)24-15)21-9-14-10-22-19(23-14)13-3-5-16-18(7-13)25-16/h11-19H,2-10H2,1H3. The van der Waals surface area contributed by atoms with E-state index in [2.05, 4.69) is 0 Å². The van der Waals surface area contributed by atoms with Crippen molar-refractivity contribution in [1.82, 2.24) is 0 Å². The number of ether oxygens (including phenoxy) is 6. The zero-order valence-electron chi connectivity index (χ0n) is 15.0. The van der Waals surface area contributed by atoms with E-state index in [-0.39, 0.29) is 18.7 Å². The van der Waals surface area contributed by atoms with Gasteiger partial charge in [0.15, 0.2) is 12.6 Å². The van der Waals surface area contributed by atoms with Gasteiger partial charge in [0.2, 0.25) is 0 Å². The molecular formula is C19H30O6. The second-order valence-electron chi connectivity index (χ2n) is 8.37. The van der Waals surface area contributed by atoms with Crippen molar-refractivity contribution in [2.24, 2.45) is 11.8 Å². The summed E-state index contributed by atoms with van der Waals surface area (Å²) in [5, 5.41) is 0. The molecule has 0 radical (unpaired) electrons. The third-order valence-corrected chi connectivity index (χ3v) is 6.40. The highest BCUT2D eigenvalue weighted by Gasteiger charge is 2.47. The highest BCUT2D eigenvalue weighted by Crippen LogP contribution is 2.42. The second-order valence-corrected chi connectivity index (χ2v) is 8.37. The van der Waals surface area contributed by atoms with E-state index in [1.54, 1.807) is 0 Å². The third kappa shape index (κ3) is 4.04. The molecule has 0 aromatic rings. The maximum absolute atomic E-state index is 6.06. The second kappa shape index (κ2) is 7.06. The highest BCUT2D eigenvalue weighted by molar-refractivity contribution is 4.93. The van der Waals surface area contributed by atoms with Crippen molar-refractivity contribution in [2.45, 2.75) is 88.5 Å². The number of epoxide rings is 2. The van der Waals surface area contributed by atoms with Crippen LogP contribution < -0.4 is 0 Å². The predicted octanol–water partition coefficient (Wildman–Crippen LogP) is 2.24. The maximum atomic E-state index is 6.06. The van der Waals surface area contributed by atoms with Gasteiger partial charge in [0.1, 0.15) is 6.10 Å². The van der Waals surface area contributed by atoms with E-state index >= 15 is 0 Å². The van der Waals surface area contributed by atoms with E-state index in [9.17, 15) is 0 Å². The van der Waals surface area contributed by atoms with Crippen LogP contribution in [0.25, 0.3) is 0 Å². The molecule has 9 atom stereocenters. The molecule has 3 aliphatic heterocycles. The summed E-state index contributed by atoms with van der Waals surface area (Å²) in [6, 6.07) is 0. The van der Waals surface area contributed by atoms with E-state index in [0.29, 0.717) is 49.5 Å². The summed E-state index contributed by atoms with van der Waals surface area (Å²) in [4.78, 5) is 0. The molecule has 0 bridgehead atoms. The van der Waals surface area contributed by atoms with Crippen molar-refractivity contribution in [1.29, 1.82) is 0 Å². The first-order valence-corrected chi connectivity index (χ1v) is 10.1. The van der Waals surface area contributed by atoms with Gasteiger partial charge in [0.05, 0.1) is 44.2 Å². The monoisotopic (exact) mass is 354 g/mol. The normalized spacial score (nSPS) is 49.3. The van der Waals surface area contributed by atoms with Crippen LogP contribution in [0.1, 0.15) is 45.4 Å². The fourth-order valence-corrected chi connectivity index (χ4v) is 4.69. The summed E-state index contributed by atoms with van der Waals surface area (Å²) in [7, 11) is 0. The Morgan fingerprint density at radius 1 is 0.840 bits per heavy atom. The number of hydrogen-bond acceptors (Lipinski definition) is 6. The lowest BCUT2D eigenvalue weighted by atomic mass is 9.89. The molecule has 3 saturated heterocycles. The summed E-state index contributed by atoms with van der Waals surface area (Å²) in [5.41, 5.74) is 0. The number of hydrogen-bond donors (Lipinski definition) is 0. The SMILES string of the molecule is CC(OCC1CCC2OC2C1)OCC1COC(C2CCC3OC3C2)O1. The Morgan fingerprint density at radius 3 is 2.40 bits per heavy atom. The molecule has 6 nitrogen and oxygen atoms in total. The molecule has 2 aliphatic carbocycles. The molecule has 5 aliphatic rings.